The van der Waals surface area contributed by atoms with Crippen molar-refractivity contribution in [2.24, 2.45) is 5.73 Å². The van der Waals surface area contributed by atoms with Gasteiger partial charge in [0.15, 0.2) is 0 Å². The van der Waals surface area contributed by atoms with Gasteiger partial charge in [-0.1, -0.05) is 15.9 Å². The van der Waals surface area contributed by atoms with Gasteiger partial charge in [0.2, 0.25) is 0 Å². The highest BCUT2D eigenvalue weighted by Gasteiger charge is 2.14. The lowest BCUT2D eigenvalue weighted by atomic mass is 10.0. The molecule has 0 unspecified atom stereocenters. The number of benzene rings is 1. The number of unbranched alkanes of at least 4 members (excludes halogenated alkanes) is 1. The van der Waals surface area contributed by atoms with E-state index in [2.05, 4.69) is 58.2 Å². The van der Waals surface area contributed by atoms with Crippen LogP contribution in [0.4, 0.5) is 0 Å². The molecule has 2 heterocycles. The third-order valence-corrected chi connectivity index (χ3v) is 5.25. The summed E-state index contributed by atoms with van der Waals surface area (Å²) in [4.78, 5) is 6.27. The van der Waals surface area contributed by atoms with Gasteiger partial charge in [-0.3, -0.25) is 0 Å². The number of nitrogens with two attached hydrogens (primary N) is 1. The lowest BCUT2D eigenvalue weighted by Gasteiger charge is -2.03. The quantitative estimate of drug-likeness (QED) is 0.598. The number of H-pyrrole nitrogens is 1. The zero-order chi connectivity index (χ0) is 14.8. The minimum atomic E-state index is 0.763. The van der Waals surface area contributed by atoms with Gasteiger partial charge in [0.05, 0.1) is 10.6 Å². The largest absolute Gasteiger partial charge is 0.354 e. The lowest BCUT2D eigenvalue weighted by Crippen LogP contribution is -1.99. The van der Waals surface area contributed by atoms with Crippen LogP contribution in [0.15, 0.2) is 34.8 Å². The highest BCUT2D eigenvalue weighted by Crippen LogP contribution is 2.36. The number of thiophene rings is 1. The molecule has 4 heteroatoms. The van der Waals surface area contributed by atoms with E-state index in [0.717, 1.165) is 30.3 Å². The van der Waals surface area contributed by atoms with Crippen LogP contribution in [0.3, 0.4) is 0 Å². The van der Waals surface area contributed by atoms with Crippen LogP contribution in [-0.2, 0) is 6.42 Å². The maximum absolute atomic E-state index is 5.64. The summed E-state index contributed by atoms with van der Waals surface area (Å²) >= 11 is 5.43. The van der Waals surface area contributed by atoms with E-state index in [4.69, 9.17) is 5.73 Å². The van der Waals surface area contributed by atoms with Gasteiger partial charge in [-0.15, -0.1) is 11.3 Å². The molecule has 0 saturated heterocycles. The zero-order valence-electron chi connectivity index (χ0n) is 12.1. The second kappa shape index (κ2) is 6.34. The van der Waals surface area contributed by atoms with Crippen molar-refractivity contribution in [1.29, 1.82) is 0 Å². The normalized spacial score (nSPS) is 11.4. The number of halogens is 1. The van der Waals surface area contributed by atoms with E-state index in [-0.39, 0.29) is 0 Å². The predicted molar refractivity (Wildman–Crippen MR) is 96.0 cm³/mol. The van der Waals surface area contributed by atoms with Gasteiger partial charge in [0.25, 0.3) is 0 Å². The molecule has 2 aromatic heterocycles. The SMILES string of the molecule is Cc1ccc(-c2[nH]c3ccc(Br)cc3c2CCCCN)s1. The van der Waals surface area contributed by atoms with Crippen LogP contribution >= 0.6 is 27.3 Å². The number of aromatic amines is 1. The molecule has 3 N–H and O–H groups in total. The molecule has 3 aromatic rings. The minimum Gasteiger partial charge on any atom is -0.354 e. The van der Waals surface area contributed by atoms with Crippen LogP contribution in [0.5, 0.6) is 0 Å². The van der Waals surface area contributed by atoms with Crippen molar-refractivity contribution in [3.8, 4) is 10.6 Å². The maximum Gasteiger partial charge on any atom is 0.0598 e. The van der Waals surface area contributed by atoms with Crippen molar-refractivity contribution in [2.75, 3.05) is 6.54 Å². The van der Waals surface area contributed by atoms with Crippen LogP contribution in [0.25, 0.3) is 21.5 Å². The summed E-state index contributed by atoms with van der Waals surface area (Å²) in [6.07, 6.45) is 3.27. The molecule has 0 spiro atoms. The molecule has 0 aliphatic heterocycles. The Morgan fingerprint density at radius 1 is 1.19 bits per heavy atom. The Morgan fingerprint density at radius 2 is 2.05 bits per heavy atom. The number of aryl methyl sites for hydroxylation is 2. The molecule has 0 radical (unpaired) electrons. The van der Waals surface area contributed by atoms with Crippen molar-refractivity contribution in [2.45, 2.75) is 26.2 Å². The summed E-state index contributed by atoms with van der Waals surface area (Å²) in [6.45, 7) is 2.92. The first-order valence-electron chi connectivity index (χ1n) is 7.26. The van der Waals surface area contributed by atoms with Crippen LogP contribution in [-0.4, -0.2) is 11.5 Å². The van der Waals surface area contributed by atoms with Gasteiger partial charge in [0, 0.05) is 20.3 Å². The van der Waals surface area contributed by atoms with Crippen LogP contribution in [0, 0.1) is 6.92 Å². The second-order valence-electron chi connectivity index (χ2n) is 5.32. The first-order valence-corrected chi connectivity index (χ1v) is 8.87. The van der Waals surface area contributed by atoms with E-state index >= 15 is 0 Å². The molecule has 0 amide bonds. The molecule has 0 saturated carbocycles. The van der Waals surface area contributed by atoms with Crippen molar-refractivity contribution in [1.82, 2.24) is 4.98 Å². The standard InChI is InChI=1S/C17H19BrN2S/c1-11-5-8-16(21-11)17-13(4-2-3-9-19)14-10-12(18)6-7-15(14)20-17/h5-8,10,20H,2-4,9,19H2,1H3. The van der Waals surface area contributed by atoms with Gasteiger partial charge >= 0.3 is 0 Å². The van der Waals surface area contributed by atoms with Crippen molar-refractivity contribution >= 4 is 38.2 Å². The average molecular weight is 363 g/mol. The first-order chi connectivity index (χ1) is 10.2. The molecule has 2 nitrogen and oxygen atoms in total. The molecule has 110 valence electrons. The molecule has 1 aromatic carbocycles. The Bertz CT molecular complexity index is 757. The molecule has 0 fully saturated rings. The van der Waals surface area contributed by atoms with Crippen LogP contribution in [0.2, 0.25) is 0 Å². The minimum absolute atomic E-state index is 0.763. The summed E-state index contributed by atoms with van der Waals surface area (Å²) < 4.78 is 1.13. The number of fused-ring (bicyclic) bond motifs is 1. The van der Waals surface area contributed by atoms with Crippen molar-refractivity contribution in [3.05, 3.63) is 45.2 Å². The number of nitrogens with one attached hydrogen (secondary N) is 1. The van der Waals surface area contributed by atoms with E-state index in [0.29, 0.717) is 0 Å². The Hall–Kier alpha value is -1.10. The van der Waals surface area contributed by atoms with E-state index in [1.807, 2.05) is 11.3 Å². The van der Waals surface area contributed by atoms with E-state index in [9.17, 15) is 0 Å². The molecule has 0 atom stereocenters. The van der Waals surface area contributed by atoms with Gasteiger partial charge in [-0.25, -0.2) is 0 Å². The number of hydrogen-bond donors (Lipinski definition) is 2. The monoisotopic (exact) mass is 362 g/mol. The van der Waals surface area contributed by atoms with E-state index < -0.39 is 0 Å². The summed E-state index contributed by atoms with van der Waals surface area (Å²) in [5.41, 5.74) is 9.55. The van der Waals surface area contributed by atoms with Gasteiger partial charge in [0.1, 0.15) is 0 Å². The van der Waals surface area contributed by atoms with Crippen molar-refractivity contribution in [3.63, 3.8) is 0 Å². The number of aromatic nitrogens is 1. The Kier molecular flexibility index (Phi) is 4.48. The Balaban J connectivity index is 2.10. The van der Waals surface area contributed by atoms with Gasteiger partial charge < -0.3 is 10.7 Å². The van der Waals surface area contributed by atoms with Crippen LogP contribution in [0.1, 0.15) is 23.3 Å². The van der Waals surface area contributed by atoms with Crippen molar-refractivity contribution < 1.29 is 0 Å². The molecule has 0 aliphatic carbocycles. The summed E-state index contributed by atoms with van der Waals surface area (Å²) in [5.74, 6) is 0. The lowest BCUT2D eigenvalue weighted by molar-refractivity contribution is 0.748. The number of hydrogen-bond acceptors (Lipinski definition) is 2. The smallest absolute Gasteiger partial charge is 0.0598 e. The van der Waals surface area contributed by atoms with Gasteiger partial charge in [-0.2, -0.15) is 0 Å². The summed E-state index contributed by atoms with van der Waals surface area (Å²) in [6, 6.07) is 10.9. The molecule has 0 aliphatic rings. The highest BCUT2D eigenvalue weighted by atomic mass is 79.9. The summed E-state index contributed by atoms with van der Waals surface area (Å²) in [7, 11) is 0. The maximum atomic E-state index is 5.64. The highest BCUT2D eigenvalue weighted by molar-refractivity contribution is 9.10. The third-order valence-electron chi connectivity index (χ3n) is 3.74. The molecular weight excluding hydrogens is 344 g/mol. The topological polar surface area (TPSA) is 41.8 Å². The second-order valence-corrected chi connectivity index (χ2v) is 7.53. The van der Waals surface area contributed by atoms with Crippen LogP contribution < -0.4 is 5.73 Å². The fourth-order valence-corrected chi connectivity index (χ4v) is 3.96. The van der Waals surface area contributed by atoms with Gasteiger partial charge in [-0.05, 0) is 68.6 Å². The molecule has 21 heavy (non-hydrogen) atoms. The molecule has 0 bridgehead atoms. The predicted octanol–water partition coefficient (Wildman–Crippen LogP) is 5.25. The average Bonchev–Trinajstić information content (AvgIpc) is 3.03. The number of rotatable bonds is 5. The third kappa shape index (κ3) is 3.07. The fourth-order valence-electron chi connectivity index (χ4n) is 2.70. The Labute approximate surface area is 137 Å². The molecular formula is C17H19BrN2S. The zero-order valence-corrected chi connectivity index (χ0v) is 14.5. The fraction of sp³-hybridized carbons (Fsp3) is 0.294. The summed E-state index contributed by atoms with van der Waals surface area (Å²) in [5, 5.41) is 1.32. The molecule has 3 rings (SSSR count). The first kappa shape index (κ1) is 14.8. The van der Waals surface area contributed by atoms with E-state index in [1.54, 1.807) is 0 Å². The van der Waals surface area contributed by atoms with E-state index in [1.165, 1.54) is 31.9 Å². The Morgan fingerprint density at radius 3 is 2.76 bits per heavy atom.